The van der Waals surface area contributed by atoms with Crippen LogP contribution in [0.3, 0.4) is 0 Å². The molecule has 2 heterocycles. The van der Waals surface area contributed by atoms with E-state index in [-0.39, 0.29) is 50.0 Å². The van der Waals surface area contributed by atoms with Crippen molar-refractivity contribution in [2.45, 2.75) is 13.5 Å². The summed E-state index contributed by atoms with van der Waals surface area (Å²) in [7, 11) is 0. The molecule has 0 atom stereocenters. The first kappa shape index (κ1) is 23.6. The van der Waals surface area contributed by atoms with E-state index in [2.05, 4.69) is 0 Å². The van der Waals surface area contributed by atoms with Crippen LogP contribution in [0.25, 0.3) is 0 Å². The number of nitrogens with zero attached hydrogens (tertiary/aromatic N) is 2. The molecular formula is C24H16FN3O6S. The summed E-state index contributed by atoms with van der Waals surface area (Å²) < 4.78 is 23.5. The Morgan fingerprint density at radius 1 is 1.06 bits per heavy atom. The smallest absolute Gasteiger partial charge is 0.348 e. The molecule has 0 saturated heterocycles. The second kappa shape index (κ2) is 9.36. The third kappa shape index (κ3) is 4.22. The van der Waals surface area contributed by atoms with Gasteiger partial charge in [0, 0.05) is 5.56 Å². The van der Waals surface area contributed by atoms with Crippen LogP contribution < -0.4 is 10.6 Å². The Balaban J connectivity index is 1.57. The lowest BCUT2D eigenvalue weighted by molar-refractivity contribution is 0.0452. The zero-order valence-electron chi connectivity index (χ0n) is 18.2. The average Bonchev–Trinajstić information content (AvgIpc) is 3.30. The highest BCUT2D eigenvalue weighted by atomic mass is 32.1. The predicted octanol–water partition coefficient (Wildman–Crippen LogP) is 3.68. The first-order valence-corrected chi connectivity index (χ1v) is 11.0. The van der Waals surface area contributed by atoms with Gasteiger partial charge in [0.2, 0.25) is 0 Å². The maximum atomic E-state index is 13.2. The van der Waals surface area contributed by atoms with Crippen LogP contribution in [0.15, 0.2) is 42.5 Å². The number of hydrogen-bond acceptors (Lipinski definition) is 9. The van der Waals surface area contributed by atoms with E-state index in [0.717, 1.165) is 28.4 Å². The molecule has 1 aliphatic heterocycles. The summed E-state index contributed by atoms with van der Waals surface area (Å²) in [6.07, 6.45) is 0. The number of benzene rings is 2. The van der Waals surface area contributed by atoms with Gasteiger partial charge < -0.3 is 15.2 Å². The lowest BCUT2D eigenvalue weighted by atomic mass is 10.1. The van der Waals surface area contributed by atoms with Crippen LogP contribution in [-0.2, 0) is 16.1 Å². The zero-order chi connectivity index (χ0) is 25.3. The predicted molar refractivity (Wildman–Crippen MR) is 123 cm³/mol. The topological polar surface area (TPSA) is 140 Å². The minimum absolute atomic E-state index is 0.00974. The van der Waals surface area contributed by atoms with Gasteiger partial charge in [0.05, 0.1) is 34.5 Å². The summed E-state index contributed by atoms with van der Waals surface area (Å²) in [4.78, 5) is 51.5. The lowest BCUT2D eigenvalue weighted by Crippen LogP contribution is -2.29. The van der Waals surface area contributed by atoms with Gasteiger partial charge in [-0.05, 0) is 49.4 Å². The van der Waals surface area contributed by atoms with Crippen molar-refractivity contribution >= 4 is 45.8 Å². The van der Waals surface area contributed by atoms with E-state index < -0.39 is 36.2 Å². The van der Waals surface area contributed by atoms with Gasteiger partial charge in [-0.25, -0.2) is 18.9 Å². The van der Waals surface area contributed by atoms with E-state index in [1.165, 1.54) is 30.3 Å². The number of nitrogens with two attached hydrogens (primary N) is 1. The number of anilines is 2. The Labute approximate surface area is 202 Å². The summed E-state index contributed by atoms with van der Waals surface area (Å²) in [5.41, 5.74) is 6.18. The van der Waals surface area contributed by atoms with Crippen molar-refractivity contribution in [1.29, 1.82) is 5.26 Å². The van der Waals surface area contributed by atoms with Crippen LogP contribution in [0, 0.1) is 17.1 Å². The van der Waals surface area contributed by atoms with Crippen LogP contribution in [0.1, 0.15) is 58.8 Å². The molecule has 4 rings (SSSR count). The molecule has 0 aliphatic carbocycles. The number of esters is 2. The third-order valence-corrected chi connectivity index (χ3v) is 6.20. The summed E-state index contributed by atoms with van der Waals surface area (Å²) in [6, 6.07) is 10.6. The van der Waals surface area contributed by atoms with Gasteiger partial charge in [0.15, 0.2) is 0 Å². The molecule has 11 heteroatoms. The minimum atomic E-state index is -0.850. The molecule has 2 amide bonds. The Hall–Kier alpha value is -4.56. The lowest BCUT2D eigenvalue weighted by Gasteiger charge is -2.13. The number of hydrogen-bond donors (Lipinski definition) is 1. The van der Waals surface area contributed by atoms with E-state index in [1.807, 2.05) is 6.07 Å². The highest BCUT2D eigenvalue weighted by Gasteiger charge is 2.37. The van der Waals surface area contributed by atoms with Gasteiger partial charge in [-0.15, -0.1) is 11.3 Å². The van der Waals surface area contributed by atoms with Gasteiger partial charge in [-0.3, -0.25) is 9.59 Å². The molecule has 0 radical (unpaired) electrons. The van der Waals surface area contributed by atoms with Gasteiger partial charge in [-0.1, -0.05) is 0 Å². The van der Waals surface area contributed by atoms with E-state index in [1.54, 1.807) is 6.92 Å². The van der Waals surface area contributed by atoms with Crippen LogP contribution in [0.5, 0.6) is 0 Å². The number of amides is 2. The second-order valence-electron chi connectivity index (χ2n) is 7.24. The Kier molecular flexibility index (Phi) is 6.31. The molecule has 0 bridgehead atoms. The van der Waals surface area contributed by atoms with Gasteiger partial charge in [0.25, 0.3) is 11.8 Å². The monoisotopic (exact) mass is 493 g/mol. The summed E-state index contributed by atoms with van der Waals surface area (Å²) in [5.74, 6) is -3.35. The van der Waals surface area contributed by atoms with Crippen molar-refractivity contribution in [3.63, 3.8) is 0 Å². The average molecular weight is 493 g/mol. The number of halogens is 1. The number of carbonyl (C=O) groups is 4. The molecule has 0 fully saturated rings. The highest BCUT2D eigenvalue weighted by Crippen LogP contribution is 2.33. The van der Waals surface area contributed by atoms with Crippen LogP contribution in [0.4, 0.5) is 15.1 Å². The van der Waals surface area contributed by atoms with Crippen molar-refractivity contribution in [1.82, 2.24) is 0 Å². The highest BCUT2D eigenvalue weighted by molar-refractivity contribution is 7.18. The van der Waals surface area contributed by atoms with Crippen LogP contribution >= 0.6 is 11.3 Å². The molecule has 9 nitrogen and oxygen atoms in total. The second-order valence-corrected chi connectivity index (χ2v) is 8.29. The third-order valence-electron chi connectivity index (χ3n) is 5.16. The molecule has 2 N–H and O–H groups in total. The SMILES string of the molecule is CCOC(=O)c1sc(N)c(C#N)c1COC(=O)c1ccc2c(c1)C(=O)N(c1ccc(F)cc1)C2=O. The minimum Gasteiger partial charge on any atom is -0.462 e. The van der Waals surface area contributed by atoms with E-state index in [0.29, 0.717) is 0 Å². The summed E-state index contributed by atoms with van der Waals surface area (Å²) in [6.45, 7) is 1.29. The fourth-order valence-electron chi connectivity index (χ4n) is 3.52. The number of nitriles is 1. The molecule has 176 valence electrons. The number of carbonyl (C=O) groups excluding carboxylic acids is 4. The number of ether oxygens (including phenoxy) is 2. The normalized spacial score (nSPS) is 12.3. The van der Waals surface area contributed by atoms with Crippen molar-refractivity contribution in [2.75, 3.05) is 17.2 Å². The fourth-order valence-corrected chi connectivity index (χ4v) is 4.44. The first-order chi connectivity index (χ1) is 16.8. The number of imide groups is 1. The zero-order valence-corrected chi connectivity index (χ0v) is 19.0. The fraction of sp³-hybridized carbons (Fsp3) is 0.125. The van der Waals surface area contributed by atoms with Crippen LogP contribution in [0.2, 0.25) is 0 Å². The molecule has 0 spiro atoms. The standard InChI is InChI=1S/C24H16FN3O6S/c1-2-33-24(32)19-18(17(10-26)20(27)35-19)11-34-23(31)12-3-8-15-16(9-12)22(30)28(21(15)29)14-6-4-13(25)5-7-14/h3-9H,2,11,27H2,1H3. The summed E-state index contributed by atoms with van der Waals surface area (Å²) >= 11 is 0.855. The largest absolute Gasteiger partial charge is 0.462 e. The Bertz CT molecular complexity index is 1420. The molecule has 2 aromatic carbocycles. The maximum absolute atomic E-state index is 13.2. The van der Waals surface area contributed by atoms with Gasteiger partial charge in [0.1, 0.15) is 28.4 Å². The van der Waals surface area contributed by atoms with Gasteiger partial charge >= 0.3 is 11.9 Å². The Morgan fingerprint density at radius 2 is 1.74 bits per heavy atom. The molecule has 0 unspecified atom stereocenters. The molecule has 1 aromatic heterocycles. The van der Waals surface area contributed by atoms with Crippen molar-refractivity contribution in [2.24, 2.45) is 0 Å². The quantitative estimate of drug-likeness (QED) is 0.405. The van der Waals surface area contributed by atoms with E-state index >= 15 is 0 Å². The number of rotatable bonds is 6. The first-order valence-electron chi connectivity index (χ1n) is 10.2. The van der Waals surface area contributed by atoms with Crippen LogP contribution in [-0.4, -0.2) is 30.4 Å². The summed E-state index contributed by atoms with van der Waals surface area (Å²) in [5, 5.41) is 9.48. The van der Waals surface area contributed by atoms with E-state index in [4.69, 9.17) is 15.2 Å². The molecule has 3 aromatic rings. The Morgan fingerprint density at radius 3 is 2.40 bits per heavy atom. The van der Waals surface area contributed by atoms with E-state index in [9.17, 15) is 28.8 Å². The molecule has 0 saturated carbocycles. The number of thiophene rings is 1. The molecule has 1 aliphatic rings. The molecule has 35 heavy (non-hydrogen) atoms. The number of fused-ring (bicyclic) bond motifs is 1. The van der Waals surface area contributed by atoms with Crippen molar-refractivity contribution in [3.8, 4) is 6.07 Å². The van der Waals surface area contributed by atoms with Gasteiger partial charge in [-0.2, -0.15) is 5.26 Å². The number of nitrogen functional groups attached to an aromatic ring is 1. The van der Waals surface area contributed by atoms with Crippen molar-refractivity contribution < 1.29 is 33.0 Å². The maximum Gasteiger partial charge on any atom is 0.348 e. The molecular weight excluding hydrogens is 477 g/mol. The van der Waals surface area contributed by atoms with Crippen molar-refractivity contribution in [3.05, 3.63) is 81.0 Å².